The van der Waals surface area contributed by atoms with Gasteiger partial charge in [0.15, 0.2) is 11.5 Å². The molecule has 3 nitrogen and oxygen atoms in total. The van der Waals surface area contributed by atoms with Crippen LogP contribution in [0.15, 0.2) is 30.3 Å². The molecule has 0 unspecified atom stereocenters. The first kappa shape index (κ1) is 13.7. The molecule has 0 bridgehead atoms. The van der Waals surface area contributed by atoms with Gasteiger partial charge in [-0.2, -0.15) is 0 Å². The molecule has 0 saturated heterocycles. The molecule has 2 rings (SSSR count). The molecule has 102 valence electrons. The van der Waals surface area contributed by atoms with Gasteiger partial charge in [-0.3, -0.25) is 0 Å². The van der Waals surface area contributed by atoms with E-state index in [0.29, 0.717) is 0 Å². The van der Waals surface area contributed by atoms with Crippen molar-refractivity contribution in [3.63, 3.8) is 0 Å². The lowest BCUT2D eigenvalue weighted by molar-refractivity contribution is 0.404. The van der Waals surface area contributed by atoms with E-state index in [0.717, 1.165) is 23.9 Å². The van der Waals surface area contributed by atoms with E-state index in [-0.39, 0.29) is 16.9 Å². The summed E-state index contributed by atoms with van der Waals surface area (Å²) in [5.74, 6) is -0.145. The third-order valence-corrected chi connectivity index (χ3v) is 3.52. The van der Waals surface area contributed by atoms with Crippen LogP contribution in [-0.4, -0.2) is 23.3 Å². The second-order valence-corrected chi connectivity index (χ2v) is 5.53. The molecule has 2 aromatic rings. The first-order valence-electron chi connectivity index (χ1n) is 6.61. The highest BCUT2D eigenvalue weighted by Crippen LogP contribution is 2.36. The molecule has 0 spiro atoms. The summed E-state index contributed by atoms with van der Waals surface area (Å²) in [6.07, 6.45) is 0. The molecule has 0 saturated carbocycles. The van der Waals surface area contributed by atoms with E-state index in [2.05, 4.69) is 32.2 Å². The number of likely N-dealkylation sites (N-methyl/N-ethyl adjacent to an activating group) is 1. The average Bonchev–Trinajstić information content (AvgIpc) is 2.37. The van der Waals surface area contributed by atoms with Crippen LogP contribution in [-0.2, 0) is 5.41 Å². The van der Waals surface area contributed by atoms with Crippen LogP contribution in [0.5, 0.6) is 11.5 Å². The first-order valence-corrected chi connectivity index (χ1v) is 6.61. The lowest BCUT2D eigenvalue weighted by Gasteiger charge is -2.27. The van der Waals surface area contributed by atoms with Crippen molar-refractivity contribution in [1.82, 2.24) is 5.32 Å². The van der Waals surface area contributed by atoms with E-state index < -0.39 is 0 Å². The smallest absolute Gasteiger partial charge is 0.158 e. The number of hydrogen-bond acceptors (Lipinski definition) is 3. The fourth-order valence-electron chi connectivity index (χ4n) is 2.42. The van der Waals surface area contributed by atoms with E-state index >= 15 is 0 Å². The summed E-state index contributed by atoms with van der Waals surface area (Å²) in [5, 5.41) is 24.6. The third kappa shape index (κ3) is 2.66. The molecule has 0 radical (unpaired) electrons. The average molecular weight is 259 g/mol. The highest BCUT2D eigenvalue weighted by molar-refractivity contribution is 5.89. The molecule has 3 N–H and O–H groups in total. The largest absolute Gasteiger partial charge is 0.504 e. The summed E-state index contributed by atoms with van der Waals surface area (Å²) < 4.78 is 0. The van der Waals surface area contributed by atoms with Gasteiger partial charge in [0.1, 0.15) is 0 Å². The molecule has 0 aliphatic rings. The number of phenolic OH excluding ortho intramolecular Hbond substituents is 2. The molecule has 0 aliphatic carbocycles. The van der Waals surface area contributed by atoms with Crippen LogP contribution >= 0.6 is 0 Å². The number of phenols is 2. The van der Waals surface area contributed by atoms with Crippen molar-refractivity contribution >= 4 is 10.8 Å². The maximum absolute atomic E-state index is 9.72. The van der Waals surface area contributed by atoms with Crippen LogP contribution in [0, 0.1) is 0 Å². The summed E-state index contributed by atoms with van der Waals surface area (Å²) in [4.78, 5) is 0. The number of benzene rings is 2. The van der Waals surface area contributed by atoms with Crippen LogP contribution in [0.4, 0.5) is 0 Å². The first-order chi connectivity index (χ1) is 8.95. The van der Waals surface area contributed by atoms with Crippen molar-refractivity contribution < 1.29 is 10.2 Å². The Morgan fingerprint density at radius 3 is 2.47 bits per heavy atom. The summed E-state index contributed by atoms with van der Waals surface area (Å²) in [7, 11) is 0. The van der Waals surface area contributed by atoms with Gasteiger partial charge in [0, 0.05) is 12.0 Å². The quantitative estimate of drug-likeness (QED) is 0.739. The van der Waals surface area contributed by atoms with Gasteiger partial charge in [-0.05, 0) is 35.0 Å². The van der Waals surface area contributed by atoms with E-state index in [9.17, 15) is 10.2 Å². The molecule has 3 heteroatoms. The van der Waals surface area contributed by atoms with Crippen LogP contribution in [0.2, 0.25) is 0 Å². The molecular weight excluding hydrogens is 238 g/mol. The van der Waals surface area contributed by atoms with E-state index in [1.54, 1.807) is 12.1 Å². The normalized spacial score (nSPS) is 11.9. The number of aromatic hydroxyl groups is 2. The Morgan fingerprint density at radius 2 is 1.79 bits per heavy atom. The van der Waals surface area contributed by atoms with Crippen LogP contribution in [0.3, 0.4) is 0 Å². The Morgan fingerprint density at radius 1 is 1.11 bits per heavy atom. The molecule has 0 fully saturated rings. The Bertz CT molecular complexity index is 591. The molecule has 0 aromatic heterocycles. The fourth-order valence-corrected chi connectivity index (χ4v) is 2.42. The van der Waals surface area contributed by atoms with Gasteiger partial charge in [-0.15, -0.1) is 0 Å². The molecule has 0 heterocycles. The predicted octanol–water partition coefficient (Wildman–Crippen LogP) is 3.14. The minimum atomic E-state index is -0.0749. The summed E-state index contributed by atoms with van der Waals surface area (Å²) in [5.41, 5.74) is 1.13. The fraction of sp³-hybridized carbons (Fsp3) is 0.375. The Balaban J connectivity index is 2.57. The lowest BCUT2D eigenvalue weighted by atomic mass is 9.81. The SMILES string of the molecule is CCNCC(C)(C)c1cccc2cc(O)c(O)cc12. The van der Waals surface area contributed by atoms with Crippen LogP contribution < -0.4 is 5.32 Å². The van der Waals surface area contributed by atoms with Gasteiger partial charge in [-0.1, -0.05) is 39.0 Å². The van der Waals surface area contributed by atoms with Crippen molar-refractivity contribution in [3.05, 3.63) is 35.9 Å². The second-order valence-electron chi connectivity index (χ2n) is 5.53. The predicted molar refractivity (Wildman–Crippen MR) is 78.8 cm³/mol. The van der Waals surface area contributed by atoms with E-state index in [1.165, 1.54) is 5.56 Å². The lowest BCUT2D eigenvalue weighted by Crippen LogP contribution is -2.32. The molecule has 2 aromatic carbocycles. The molecule has 0 amide bonds. The van der Waals surface area contributed by atoms with Crippen molar-refractivity contribution in [1.29, 1.82) is 0 Å². The van der Waals surface area contributed by atoms with E-state index in [1.807, 2.05) is 12.1 Å². The number of fused-ring (bicyclic) bond motifs is 1. The monoisotopic (exact) mass is 259 g/mol. The molecule has 0 atom stereocenters. The van der Waals surface area contributed by atoms with Crippen molar-refractivity contribution in [3.8, 4) is 11.5 Å². The third-order valence-electron chi connectivity index (χ3n) is 3.52. The summed E-state index contributed by atoms with van der Waals surface area (Å²) in [6, 6.07) is 9.27. The minimum absolute atomic E-state index is 0.0427. The van der Waals surface area contributed by atoms with Crippen molar-refractivity contribution in [2.45, 2.75) is 26.2 Å². The van der Waals surface area contributed by atoms with Gasteiger partial charge < -0.3 is 15.5 Å². The Labute approximate surface area is 113 Å². The topological polar surface area (TPSA) is 52.5 Å². The summed E-state index contributed by atoms with van der Waals surface area (Å²) >= 11 is 0. The standard InChI is InChI=1S/C16H21NO2/c1-4-17-10-16(2,3)13-7-5-6-11-8-14(18)15(19)9-12(11)13/h5-9,17-19H,4,10H2,1-3H3. The van der Waals surface area contributed by atoms with Gasteiger partial charge in [-0.25, -0.2) is 0 Å². The van der Waals surface area contributed by atoms with E-state index in [4.69, 9.17) is 0 Å². The molecular formula is C16H21NO2. The number of rotatable bonds is 4. The number of hydrogen-bond donors (Lipinski definition) is 3. The number of nitrogens with one attached hydrogen (secondary N) is 1. The summed E-state index contributed by atoms with van der Waals surface area (Å²) in [6.45, 7) is 8.23. The van der Waals surface area contributed by atoms with Crippen molar-refractivity contribution in [2.75, 3.05) is 13.1 Å². The Hall–Kier alpha value is -1.74. The van der Waals surface area contributed by atoms with Gasteiger partial charge in [0.05, 0.1) is 0 Å². The highest BCUT2D eigenvalue weighted by atomic mass is 16.3. The van der Waals surface area contributed by atoms with Crippen LogP contribution in [0.25, 0.3) is 10.8 Å². The molecule has 19 heavy (non-hydrogen) atoms. The van der Waals surface area contributed by atoms with Crippen LogP contribution in [0.1, 0.15) is 26.3 Å². The van der Waals surface area contributed by atoms with Gasteiger partial charge in [0.2, 0.25) is 0 Å². The second kappa shape index (κ2) is 5.10. The Kier molecular flexibility index (Phi) is 3.67. The van der Waals surface area contributed by atoms with Crippen molar-refractivity contribution in [2.24, 2.45) is 0 Å². The zero-order chi connectivity index (χ0) is 14.0. The van der Waals surface area contributed by atoms with Gasteiger partial charge in [0.25, 0.3) is 0 Å². The maximum Gasteiger partial charge on any atom is 0.158 e. The minimum Gasteiger partial charge on any atom is -0.504 e. The zero-order valence-electron chi connectivity index (χ0n) is 11.7. The van der Waals surface area contributed by atoms with Gasteiger partial charge >= 0.3 is 0 Å². The highest BCUT2D eigenvalue weighted by Gasteiger charge is 2.22. The maximum atomic E-state index is 9.72. The molecule has 0 aliphatic heterocycles. The zero-order valence-corrected chi connectivity index (χ0v) is 11.7.